The summed E-state index contributed by atoms with van der Waals surface area (Å²) in [6.45, 7) is 7.75. The van der Waals surface area contributed by atoms with Crippen LogP contribution in [0.25, 0.3) is 10.5 Å². The zero-order valence-electron chi connectivity index (χ0n) is 18.0. The topological polar surface area (TPSA) is 12.4 Å². The fraction of sp³-hybridized carbons (Fsp3) is 0.0690. The van der Waals surface area contributed by atoms with Gasteiger partial charge in [0.15, 0.2) is 0 Å². The summed E-state index contributed by atoms with van der Waals surface area (Å²) in [6, 6.07) is 15.1. The van der Waals surface area contributed by atoms with Crippen LogP contribution in [0.15, 0.2) is 126 Å². The van der Waals surface area contributed by atoms with Gasteiger partial charge in [-0.05, 0) is 60.9 Å². The summed E-state index contributed by atoms with van der Waals surface area (Å²) in [7, 11) is 0. The van der Waals surface area contributed by atoms with Crippen LogP contribution in [-0.4, -0.2) is 6.21 Å². The van der Waals surface area contributed by atoms with E-state index in [1.54, 1.807) is 6.08 Å². The summed E-state index contributed by atoms with van der Waals surface area (Å²) in [5.41, 5.74) is 5.79. The van der Waals surface area contributed by atoms with Gasteiger partial charge < -0.3 is 0 Å². The highest BCUT2D eigenvalue weighted by atomic mass is 32.2. The van der Waals surface area contributed by atoms with Crippen molar-refractivity contribution in [3.8, 4) is 0 Å². The Morgan fingerprint density at radius 3 is 2.48 bits per heavy atom. The summed E-state index contributed by atoms with van der Waals surface area (Å²) in [4.78, 5) is 7.17. The van der Waals surface area contributed by atoms with Gasteiger partial charge in [-0.2, -0.15) is 0 Å². The number of rotatable bonds is 8. The van der Waals surface area contributed by atoms with Crippen LogP contribution >= 0.6 is 11.8 Å². The average Bonchev–Trinajstić information content (AvgIpc) is 2.77. The molecule has 2 aromatic carbocycles. The Balaban J connectivity index is 1.90. The molecule has 0 fully saturated rings. The van der Waals surface area contributed by atoms with Gasteiger partial charge in [-0.3, -0.25) is 4.99 Å². The largest absolute Gasteiger partial charge is 0.257 e. The standard InChI is InChI=1S/C29H27NS/c1-4-7-10-12-20-30-25-15-13-14-23(21-25)26(16-9-6-3)24-18-19-27-28(17-11-8-5-2)31-29(27)22-24/h4-22H,2H2,1,3H3/b7-4-,9-6-,11-8-,12-10-,26-16-,28-17-,30-20?. The molecular weight excluding hydrogens is 394 g/mol. The number of fused-ring (bicyclic) bond motifs is 1. The Kier molecular flexibility index (Phi) is 8.45. The van der Waals surface area contributed by atoms with Crippen molar-refractivity contribution in [1.82, 2.24) is 0 Å². The molecule has 0 radical (unpaired) electrons. The lowest BCUT2D eigenvalue weighted by atomic mass is 9.95. The Morgan fingerprint density at radius 2 is 1.71 bits per heavy atom. The first-order valence-electron chi connectivity index (χ1n) is 10.3. The van der Waals surface area contributed by atoms with Gasteiger partial charge in [-0.1, -0.05) is 97.3 Å². The molecule has 1 aliphatic heterocycles. The quantitative estimate of drug-likeness (QED) is 0.307. The first-order chi connectivity index (χ1) is 15.3. The molecule has 0 aromatic heterocycles. The van der Waals surface area contributed by atoms with E-state index in [0.717, 1.165) is 11.3 Å². The van der Waals surface area contributed by atoms with E-state index in [-0.39, 0.29) is 0 Å². The van der Waals surface area contributed by atoms with Crippen LogP contribution in [0, 0.1) is 0 Å². The van der Waals surface area contributed by atoms with E-state index >= 15 is 0 Å². The molecule has 0 amide bonds. The van der Waals surface area contributed by atoms with Crippen molar-refractivity contribution >= 4 is 34.1 Å². The van der Waals surface area contributed by atoms with Crippen LogP contribution in [0.2, 0.25) is 0 Å². The van der Waals surface area contributed by atoms with Gasteiger partial charge in [0, 0.05) is 21.6 Å². The molecule has 1 nitrogen and oxygen atoms in total. The number of benzene rings is 2. The average molecular weight is 422 g/mol. The second kappa shape index (κ2) is 11.7. The Bertz CT molecular complexity index is 1140. The van der Waals surface area contributed by atoms with E-state index in [2.05, 4.69) is 72.3 Å². The van der Waals surface area contributed by atoms with Gasteiger partial charge in [-0.25, -0.2) is 0 Å². The second-order valence-electron chi connectivity index (χ2n) is 6.81. The first kappa shape index (κ1) is 22.3. The minimum absolute atomic E-state index is 0.937. The maximum absolute atomic E-state index is 4.57. The van der Waals surface area contributed by atoms with Crippen molar-refractivity contribution in [1.29, 1.82) is 0 Å². The normalized spacial score (nSPS) is 15.7. The fourth-order valence-corrected chi connectivity index (χ4v) is 4.10. The second-order valence-corrected chi connectivity index (χ2v) is 7.89. The lowest BCUT2D eigenvalue weighted by Gasteiger charge is -2.23. The zero-order chi connectivity index (χ0) is 21.9. The molecule has 0 N–H and O–H groups in total. The third-order valence-electron chi connectivity index (χ3n) is 4.61. The number of thioether (sulfide) groups is 1. The number of nitrogens with zero attached hydrogens (tertiary/aromatic N) is 1. The predicted molar refractivity (Wildman–Crippen MR) is 140 cm³/mol. The monoisotopic (exact) mass is 421 g/mol. The highest BCUT2D eigenvalue weighted by Gasteiger charge is 2.21. The van der Waals surface area contributed by atoms with Crippen molar-refractivity contribution in [3.05, 3.63) is 133 Å². The van der Waals surface area contributed by atoms with Crippen LogP contribution in [0.3, 0.4) is 0 Å². The number of hydrogen-bond acceptors (Lipinski definition) is 2. The number of aliphatic imine (C=N–C) groups is 1. The molecule has 0 spiro atoms. The maximum Gasteiger partial charge on any atom is 0.0635 e. The van der Waals surface area contributed by atoms with Crippen LogP contribution in [0.1, 0.15) is 30.5 Å². The summed E-state index contributed by atoms with van der Waals surface area (Å²) in [6.07, 6.45) is 23.9. The van der Waals surface area contributed by atoms with E-state index in [1.807, 2.05) is 74.3 Å². The lowest BCUT2D eigenvalue weighted by Crippen LogP contribution is -1.98. The number of hydrogen-bond donors (Lipinski definition) is 0. The van der Waals surface area contributed by atoms with Gasteiger partial charge in [-0.15, -0.1) is 0 Å². The van der Waals surface area contributed by atoms with Gasteiger partial charge in [0.2, 0.25) is 0 Å². The van der Waals surface area contributed by atoms with Crippen molar-refractivity contribution < 1.29 is 0 Å². The van der Waals surface area contributed by atoms with E-state index in [4.69, 9.17) is 0 Å². The maximum atomic E-state index is 4.57. The molecule has 1 heterocycles. The molecule has 0 unspecified atom stereocenters. The highest BCUT2D eigenvalue weighted by Crippen LogP contribution is 2.49. The molecule has 3 rings (SSSR count). The molecule has 2 heteroatoms. The van der Waals surface area contributed by atoms with Crippen LogP contribution in [0.4, 0.5) is 5.69 Å². The molecule has 2 aromatic rings. The third kappa shape index (κ3) is 6.07. The molecule has 1 aliphatic rings. The Labute approximate surface area is 190 Å². The van der Waals surface area contributed by atoms with Gasteiger partial charge >= 0.3 is 0 Å². The summed E-state index contributed by atoms with van der Waals surface area (Å²) in [5.74, 6) is 0. The minimum Gasteiger partial charge on any atom is -0.257 e. The van der Waals surface area contributed by atoms with Crippen molar-refractivity contribution in [3.63, 3.8) is 0 Å². The van der Waals surface area contributed by atoms with E-state index in [9.17, 15) is 0 Å². The molecule has 154 valence electrons. The van der Waals surface area contributed by atoms with E-state index < -0.39 is 0 Å². The SMILES string of the molecule is C=C/C=C\C=C1/Sc2cc(/C(=C\C=C/C)c3cccc(N=C/C=C\C=C/C)c3)ccc21. The van der Waals surface area contributed by atoms with Crippen molar-refractivity contribution in [2.45, 2.75) is 18.7 Å². The van der Waals surface area contributed by atoms with Gasteiger partial charge in [0.05, 0.1) is 5.69 Å². The highest BCUT2D eigenvalue weighted by molar-refractivity contribution is 8.10. The van der Waals surface area contributed by atoms with Crippen molar-refractivity contribution in [2.75, 3.05) is 0 Å². The van der Waals surface area contributed by atoms with Gasteiger partial charge in [0.25, 0.3) is 0 Å². The Morgan fingerprint density at radius 1 is 0.871 bits per heavy atom. The molecule has 31 heavy (non-hydrogen) atoms. The van der Waals surface area contributed by atoms with E-state index in [1.165, 1.54) is 26.5 Å². The molecule has 0 atom stereocenters. The molecule has 0 saturated carbocycles. The molecule has 0 bridgehead atoms. The predicted octanol–water partition coefficient (Wildman–Crippen LogP) is 8.72. The van der Waals surface area contributed by atoms with E-state index in [0.29, 0.717) is 0 Å². The molecule has 0 aliphatic carbocycles. The lowest BCUT2D eigenvalue weighted by molar-refractivity contribution is 1.36. The first-order valence-corrected chi connectivity index (χ1v) is 11.2. The summed E-state index contributed by atoms with van der Waals surface area (Å²) in [5, 5.41) is 0. The summed E-state index contributed by atoms with van der Waals surface area (Å²) >= 11 is 1.81. The Hall–Kier alpha value is -3.36. The fourth-order valence-electron chi connectivity index (χ4n) is 3.11. The summed E-state index contributed by atoms with van der Waals surface area (Å²) < 4.78 is 0. The van der Waals surface area contributed by atoms with Crippen LogP contribution in [-0.2, 0) is 0 Å². The molecular formula is C29H27NS. The van der Waals surface area contributed by atoms with Gasteiger partial charge in [0.1, 0.15) is 0 Å². The van der Waals surface area contributed by atoms with Crippen LogP contribution < -0.4 is 0 Å². The third-order valence-corrected chi connectivity index (χ3v) is 5.74. The smallest absolute Gasteiger partial charge is 0.0635 e. The zero-order valence-corrected chi connectivity index (χ0v) is 18.8. The minimum atomic E-state index is 0.937. The van der Waals surface area contributed by atoms with Crippen LogP contribution in [0.5, 0.6) is 0 Å². The number of allylic oxidation sites excluding steroid dienone is 11. The van der Waals surface area contributed by atoms with Crippen molar-refractivity contribution in [2.24, 2.45) is 4.99 Å². The molecule has 0 saturated heterocycles.